The molecule has 34 heavy (non-hydrogen) atoms. The molecule has 5 rings (SSSR count). The largest absolute Gasteiger partial charge is 0.337 e. The second kappa shape index (κ2) is 8.94. The van der Waals surface area contributed by atoms with E-state index in [2.05, 4.69) is 4.98 Å². The average Bonchev–Trinajstić information content (AvgIpc) is 3.28. The van der Waals surface area contributed by atoms with E-state index in [1.54, 1.807) is 11.7 Å². The van der Waals surface area contributed by atoms with Crippen molar-refractivity contribution >= 4 is 11.7 Å². The first-order chi connectivity index (χ1) is 16.5. The van der Waals surface area contributed by atoms with Gasteiger partial charge in [0.2, 0.25) is 0 Å². The fraction of sp³-hybridized carbons (Fsp3) is 0.185. The van der Waals surface area contributed by atoms with Crippen molar-refractivity contribution in [1.82, 2.24) is 19.7 Å². The third-order valence-corrected chi connectivity index (χ3v) is 6.10. The first kappa shape index (κ1) is 21.6. The molecule has 2 aromatic carbocycles. The molecule has 0 unspecified atom stereocenters. The van der Waals surface area contributed by atoms with Gasteiger partial charge in [-0.05, 0) is 31.0 Å². The highest BCUT2D eigenvalue weighted by Gasteiger charge is 2.24. The number of hydrogen-bond acceptors (Lipinski definition) is 4. The SMILES string of the molecule is CN(Cc1cn(-c2ccccc2)nc1-c1ccccc1)C(=O)c1cc2c([nH]c1=O)CCCC2=O. The summed E-state index contributed by atoms with van der Waals surface area (Å²) in [6.45, 7) is 0.250. The summed E-state index contributed by atoms with van der Waals surface area (Å²) in [5.41, 5.74) is 4.03. The molecule has 0 radical (unpaired) electrons. The molecule has 1 N–H and O–H groups in total. The Labute approximate surface area is 196 Å². The third kappa shape index (κ3) is 4.08. The summed E-state index contributed by atoms with van der Waals surface area (Å²) in [4.78, 5) is 42.4. The standard InChI is InChI=1S/C27H24N4O3/c1-30(27(34)22-15-21-23(28-26(22)33)13-8-14-24(21)32)16-19-17-31(20-11-6-3-7-12-20)29-25(19)18-9-4-2-5-10-18/h2-7,9-12,15,17H,8,13-14,16H2,1H3,(H,28,33). The van der Waals surface area contributed by atoms with Crippen LogP contribution in [0.25, 0.3) is 16.9 Å². The Bertz CT molecular complexity index is 1420. The van der Waals surface area contributed by atoms with Crippen molar-refractivity contribution in [3.8, 4) is 16.9 Å². The fourth-order valence-corrected chi connectivity index (χ4v) is 4.34. The number of nitrogens with zero attached hydrogens (tertiary/aromatic N) is 3. The zero-order valence-corrected chi connectivity index (χ0v) is 18.8. The molecule has 170 valence electrons. The van der Waals surface area contributed by atoms with Crippen LogP contribution in [0.1, 0.15) is 44.8 Å². The number of Topliss-reactive ketones (excluding diaryl/α,β-unsaturated/α-hetero) is 1. The lowest BCUT2D eigenvalue weighted by molar-refractivity contribution is 0.0783. The summed E-state index contributed by atoms with van der Waals surface area (Å²) in [6.07, 6.45) is 3.69. The van der Waals surface area contributed by atoms with Crippen LogP contribution in [0.4, 0.5) is 0 Å². The maximum Gasteiger partial charge on any atom is 0.261 e. The summed E-state index contributed by atoms with van der Waals surface area (Å²) < 4.78 is 1.79. The van der Waals surface area contributed by atoms with Crippen LogP contribution in [0.15, 0.2) is 77.7 Å². The second-order valence-electron chi connectivity index (χ2n) is 8.49. The molecule has 1 aliphatic carbocycles. The molecule has 2 aromatic heterocycles. The van der Waals surface area contributed by atoms with Crippen molar-refractivity contribution in [1.29, 1.82) is 0 Å². The normalized spacial score (nSPS) is 12.9. The van der Waals surface area contributed by atoms with Crippen LogP contribution < -0.4 is 5.56 Å². The molecule has 0 aliphatic heterocycles. The minimum absolute atomic E-state index is 0.0202. The molecule has 1 aliphatic rings. The molecule has 1 amide bonds. The number of amides is 1. The number of hydrogen-bond donors (Lipinski definition) is 1. The highest BCUT2D eigenvalue weighted by molar-refractivity contribution is 6.01. The molecule has 0 spiro atoms. The Morgan fingerprint density at radius 2 is 1.74 bits per heavy atom. The van der Waals surface area contributed by atoms with Gasteiger partial charge in [0.25, 0.3) is 11.5 Å². The molecule has 4 aromatic rings. The Hall–Kier alpha value is -4.26. The fourth-order valence-electron chi connectivity index (χ4n) is 4.34. The van der Waals surface area contributed by atoms with Crippen LogP contribution in [0.2, 0.25) is 0 Å². The number of fused-ring (bicyclic) bond motifs is 1. The zero-order valence-electron chi connectivity index (χ0n) is 18.8. The summed E-state index contributed by atoms with van der Waals surface area (Å²) in [5, 5.41) is 4.79. The van der Waals surface area contributed by atoms with Crippen molar-refractivity contribution < 1.29 is 9.59 Å². The monoisotopic (exact) mass is 452 g/mol. The van der Waals surface area contributed by atoms with Crippen molar-refractivity contribution in [3.05, 3.63) is 106 Å². The minimum atomic E-state index is -0.464. The zero-order chi connectivity index (χ0) is 23.7. The number of carbonyl (C=O) groups is 2. The molecule has 0 saturated heterocycles. The number of rotatable bonds is 5. The lowest BCUT2D eigenvalue weighted by Gasteiger charge is -2.19. The van der Waals surface area contributed by atoms with Crippen LogP contribution in [0.5, 0.6) is 0 Å². The molecule has 7 heteroatoms. The van der Waals surface area contributed by atoms with Gasteiger partial charge in [0.15, 0.2) is 5.78 Å². The first-order valence-electron chi connectivity index (χ1n) is 11.3. The van der Waals surface area contributed by atoms with Gasteiger partial charge in [0.1, 0.15) is 5.56 Å². The van der Waals surface area contributed by atoms with E-state index in [-0.39, 0.29) is 17.9 Å². The van der Waals surface area contributed by atoms with Gasteiger partial charge < -0.3 is 9.88 Å². The van der Waals surface area contributed by atoms with Crippen molar-refractivity contribution in [2.75, 3.05) is 7.05 Å². The van der Waals surface area contributed by atoms with Gasteiger partial charge in [-0.25, -0.2) is 4.68 Å². The van der Waals surface area contributed by atoms with Crippen molar-refractivity contribution in [2.45, 2.75) is 25.8 Å². The quantitative estimate of drug-likeness (QED) is 0.495. The van der Waals surface area contributed by atoms with Gasteiger partial charge in [-0.2, -0.15) is 5.10 Å². The summed E-state index contributed by atoms with van der Waals surface area (Å²) in [5.74, 6) is -0.474. The molecule has 2 heterocycles. The Balaban J connectivity index is 1.49. The number of aromatic amines is 1. The van der Waals surface area contributed by atoms with Crippen LogP contribution in [0.3, 0.4) is 0 Å². The molecular formula is C27H24N4O3. The summed E-state index contributed by atoms with van der Waals surface area (Å²) >= 11 is 0. The van der Waals surface area contributed by atoms with Crippen LogP contribution in [0, 0.1) is 0 Å². The van der Waals surface area contributed by atoms with E-state index in [4.69, 9.17) is 5.10 Å². The summed E-state index contributed by atoms with van der Waals surface area (Å²) in [7, 11) is 1.65. The number of nitrogens with one attached hydrogen (secondary N) is 1. The van der Waals surface area contributed by atoms with Gasteiger partial charge in [-0.1, -0.05) is 48.5 Å². The lowest BCUT2D eigenvalue weighted by Crippen LogP contribution is -2.33. The number of H-pyrrole nitrogens is 1. The smallest absolute Gasteiger partial charge is 0.261 e. The molecule has 0 saturated carbocycles. The predicted octanol–water partition coefficient (Wildman–Crippen LogP) is 4.02. The van der Waals surface area contributed by atoms with Gasteiger partial charge in [-0.3, -0.25) is 14.4 Å². The van der Waals surface area contributed by atoms with Gasteiger partial charge in [0.05, 0.1) is 11.4 Å². The van der Waals surface area contributed by atoms with E-state index in [9.17, 15) is 14.4 Å². The number of aryl methyl sites for hydroxylation is 1. The number of carbonyl (C=O) groups excluding carboxylic acids is 2. The van der Waals surface area contributed by atoms with Gasteiger partial charge in [-0.15, -0.1) is 0 Å². The van der Waals surface area contributed by atoms with Crippen LogP contribution >= 0.6 is 0 Å². The highest BCUT2D eigenvalue weighted by atomic mass is 16.2. The molecular weight excluding hydrogens is 428 g/mol. The predicted molar refractivity (Wildman–Crippen MR) is 129 cm³/mol. The number of benzene rings is 2. The number of aromatic nitrogens is 3. The van der Waals surface area contributed by atoms with Crippen molar-refractivity contribution in [2.24, 2.45) is 0 Å². The minimum Gasteiger partial charge on any atom is -0.337 e. The van der Waals surface area contributed by atoms with Gasteiger partial charge in [0, 0.05) is 48.6 Å². The number of ketones is 1. The maximum atomic E-state index is 13.3. The van der Waals surface area contributed by atoms with Crippen molar-refractivity contribution in [3.63, 3.8) is 0 Å². The maximum absolute atomic E-state index is 13.3. The van der Waals surface area contributed by atoms with E-state index >= 15 is 0 Å². The van der Waals surface area contributed by atoms with E-state index < -0.39 is 11.5 Å². The third-order valence-electron chi connectivity index (χ3n) is 6.10. The number of pyridine rings is 1. The molecule has 0 fully saturated rings. The molecule has 0 atom stereocenters. The molecule has 7 nitrogen and oxygen atoms in total. The van der Waals surface area contributed by atoms with E-state index in [0.29, 0.717) is 30.5 Å². The van der Waals surface area contributed by atoms with Crippen LogP contribution in [-0.4, -0.2) is 38.4 Å². The summed E-state index contributed by atoms with van der Waals surface area (Å²) in [6, 6.07) is 21.0. The highest BCUT2D eigenvalue weighted by Crippen LogP contribution is 2.25. The number of para-hydroxylation sites is 1. The van der Waals surface area contributed by atoms with Crippen LogP contribution in [-0.2, 0) is 13.0 Å². The average molecular weight is 453 g/mol. The van der Waals surface area contributed by atoms with E-state index in [1.165, 1.54) is 11.0 Å². The first-order valence-corrected chi connectivity index (χ1v) is 11.3. The lowest BCUT2D eigenvalue weighted by atomic mass is 9.93. The topological polar surface area (TPSA) is 88.1 Å². The second-order valence-corrected chi connectivity index (χ2v) is 8.49. The molecule has 0 bridgehead atoms. The van der Waals surface area contributed by atoms with E-state index in [0.717, 1.165) is 22.5 Å². The van der Waals surface area contributed by atoms with Gasteiger partial charge >= 0.3 is 0 Å². The van der Waals surface area contributed by atoms with E-state index in [1.807, 2.05) is 66.9 Å². The Morgan fingerprint density at radius 1 is 1.03 bits per heavy atom. The Kier molecular flexibility index (Phi) is 5.67. The Morgan fingerprint density at radius 3 is 2.47 bits per heavy atom.